The van der Waals surface area contributed by atoms with E-state index in [4.69, 9.17) is 0 Å². The quantitative estimate of drug-likeness (QED) is 0.853. The Balaban J connectivity index is 1.84. The molecule has 108 valence electrons. The molecule has 1 aliphatic heterocycles. The lowest BCUT2D eigenvalue weighted by Gasteiger charge is -2.31. The van der Waals surface area contributed by atoms with Crippen molar-refractivity contribution in [3.63, 3.8) is 0 Å². The highest BCUT2D eigenvalue weighted by molar-refractivity contribution is 5.97. The number of benzene rings is 1. The van der Waals surface area contributed by atoms with E-state index in [9.17, 15) is 9.90 Å². The molecule has 1 N–H and O–H groups in total. The minimum absolute atomic E-state index is 0.0807. The van der Waals surface area contributed by atoms with Crippen molar-refractivity contribution in [3.8, 4) is 5.75 Å². The molecule has 1 aromatic carbocycles. The molecule has 0 bridgehead atoms. The fourth-order valence-corrected chi connectivity index (χ4v) is 3.94. The molecular weight excluding hydrogens is 250 g/mol. The molecule has 0 amide bonds. The summed E-state index contributed by atoms with van der Waals surface area (Å²) in [5.41, 5.74) is 1.49. The molecule has 1 saturated carbocycles. The van der Waals surface area contributed by atoms with Gasteiger partial charge in [0.2, 0.25) is 0 Å². The zero-order valence-corrected chi connectivity index (χ0v) is 12.1. The van der Waals surface area contributed by atoms with Crippen molar-refractivity contribution < 1.29 is 9.90 Å². The second kappa shape index (κ2) is 5.47. The number of Topliss-reactive ketones (excluding diaryl/α,β-unsaturated/α-hetero) is 1. The molecule has 1 aliphatic carbocycles. The summed E-state index contributed by atoms with van der Waals surface area (Å²) in [6.45, 7) is 2.56. The molecule has 0 radical (unpaired) electrons. The number of hydrogen-bond acceptors (Lipinski definition) is 3. The second-order valence-corrected chi connectivity index (χ2v) is 6.21. The number of aromatic hydroxyl groups is 1. The average Bonchev–Trinajstić information content (AvgIpc) is 3.09. The Morgan fingerprint density at radius 2 is 1.95 bits per heavy atom. The van der Waals surface area contributed by atoms with Crippen LogP contribution in [0, 0.1) is 5.92 Å². The number of anilines is 1. The number of ketones is 1. The summed E-state index contributed by atoms with van der Waals surface area (Å²) in [5, 5.41) is 10.0. The van der Waals surface area contributed by atoms with Gasteiger partial charge in [-0.15, -0.1) is 0 Å². The Kier molecular flexibility index (Phi) is 3.68. The first-order valence-electron chi connectivity index (χ1n) is 7.77. The molecular formula is C17H23NO2. The van der Waals surface area contributed by atoms with E-state index < -0.39 is 0 Å². The van der Waals surface area contributed by atoms with Crippen LogP contribution in [-0.2, 0) is 0 Å². The van der Waals surface area contributed by atoms with Crippen LogP contribution >= 0.6 is 0 Å². The number of carbonyl (C=O) groups is 1. The molecule has 1 atom stereocenters. The largest absolute Gasteiger partial charge is 0.507 e. The lowest BCUT2D eigenvalue weighted by molar-refractivity contribution is 0.101. The van der Waals surface area contributed by atoms with Crippen molar-refractivity contribution in [3.05, 3.63) is 23.8 Å². The van der Waals surface area contributed by atoms with Crippen LogP contribution in [0.5, 0.6) is 5.75 Å². The van der Waals surface area contributed by atoms with Gasteiger partial charge in [-0.05, 0) is 50.7 Å². The average molecular weight is 273 g/mol. The molecule has 1 saturated heterocycles. The SMILES string of the molecule is CC(=O)c1ccc(N2CCCC2C2CCCC2)cc1O. The van der Waals surface area contributed by atoms with E-state index in [1.165, 1.54) is 45.4 Å². The minimum Gasteiger partial charge on any atom is -0.507 e. The molecule has 0 spiro atoms. The van der Waals surface area contributed by atoms with Gasteiger partial charge in [-0.1, -0.05) is 12.8 Å². The van der Waals surface area contributed by atoms with Gasteiger partial charge in [0, 0.05) is 24.3 Å². The Morgan fingerprint density at radius 1 is 1.20 bits per heavy atom. The van der Waals surface area contributed by atoms with Crippen LogP contribution in [0.2, 0.25) is 0 Å². The maximum atomic E-state index is 11.4. The van der Waals surface area contributed by atoms with Gasteiger partial charge in [0.25, 0.3) is 0 Å². The molecule has 0 aromatic heterocycles. The van der Waals surface area contributed by atoms with Crippen LogP contribution in [0.3, 0.4) is 0 Å². The number of nitrogens with zero attached hydrogens (tertiary/aromatic N) is 1. The summed E-state index contributed by atoms with van der Waals surface area (Å²) in [7, 11) is 0. The minimum atomic E-state index is -0.0807. The first-order valence-corrected chi connectivity index (χ1v) is 7.77. The third-order valence-corrected chi connectivity index (χ3v) is 4.94. The summed E-state index contributed by atoms with van der Waals surface area (Å²) in [4.78, 5) is 13.8. The summed E-state index contributed by atoms with van der Waals surface area (Å²) >= 11 is 0. The first kappa shape index (κ1) is 13.5. The standard InChI is InChI=1S/C17H23NO2/c1-12(19)15-9-8-14(11-17(15)20)18-10-4-7-16(18)13-5-2-3-6-13/h8-9,11,13,16,20H,2-7,10H2,1H3. The van der Waals surface area contributed by atoms with E-state index in [2.05, 4.69) is 4.90 Å². The number of carbonyl (C=O) groups excluding carboxylic acids is 1. The van der Waals surface area contributed by atoms with Crippen LogP contribution in [-0.4, -0.2) is 23.5 Å². The lowest BCUT2D eigenvalue weighted by Crippen LogP contribution is -2.34. The topological polar surface area (TPSA) is 40.5 Å². The summed E-state index contributed by atoms with van der Waals surface area (Å²) < 4.78 is 0. The Labute approximate surface area is 120 Å². The Morgan fingerprint density at radius 3 is 2.60 bits per heavy atom. The van der Waals surface area contributed by atoms with E-state index in [1.807, 2.05) is 6.07 Å². The van der Waals surface area contributed by atoms with E-state index in [-0.39, 0.29) is 11.5 Å². The molecule has 3 heteroatoms. The first-order chi connectivity index (χ1) is 9.66. The van der Waals surface area contributed by atoms with Gasteiger partial charge < -0.3 is 10.0 Å². The van der Waals surface area contributed by atoms with Crippen molar-refractivity contribution in [2.45, 2.75) is 51.5 Å². The van der Waals surface area contributed by atoms with Crippen LogP contribution < -0.4 is 4.90 Å². The van der Waals surface area contributed by atoms with Crippen molar-refractivity contribution >= 4 is 11.5 Å². The summed E-state index contributed by atoms with van der Waals surface area (Å²) in [5.74, 6) is 0.849. The molecule has 1 aromatic rings. The van der Waals surface area contributed by atoms with Gasteiger partial charge in [0.05, 0.1) is 5.56 Å². The van der Waals surface area contributed by atoms with E-state index in [0.717, 1.165) is 18.2 Å². The molecule has 1 unspecified atom stereocenters. The van der Waals surface area contributed by atoms with Crippen molar-refractivity contribution in [1.29, 1.82) is 0 Å². The molecule has 2 fully saturated rings. The van der Waals surface area contributed by atoms with Gasteiger partial charge in [0.15, 0.2) is 5.78 Å². The summed E-state index contributed by atoms with van der Waals surface area (Å²) in [6, 6.07) is 6.14. The lowest BCUT2D eigenvalue weighted by atomic mass is 9.95. The van der Waals surface area contributed by atoms with Crippen molar-refractivity contribution in [1.82, 2.24) is 0 Å². The van der Waals surface area contributed by atoms with Crippen molar-refractivity contribution in [2.24, 2.45) is 5.92 Å². The molecule has 3 nitrogen and oxygen atoms in total. The van der Waals surface area contributed by atoms with Gasteiger partial charge in [-0.3, -0.25) is 4.79 Å². The highest BCUT2D eigenvalue weighted by Crippen LogP contribution is 2.38. The van der Waals surface area contributed by atoms with Gasteiger partial charge >= 0.3 is 0 Å². The predicted molar refractivity (Wildman–Crippen MR) is 80.4 cm³/mol. The Bertz CT molecular complexity index is 506. The molecule has 1 heterocycles. The normalized spacial score (nSPS) is 23.4. The highest BCUT2D eigenvalue weighted by atomic mass is 16.3. The maximum absolute atomic E-state index is 11.4. The van der Waals surface area contributed by atoms with E-state index >= 15 is 0 Å². The number of rotatable bonds is 3. The van der Waals surface area contributed by atoms with E-state index in [0.29, 0.717) is 11.6 Å². The van der Waals surface area contributed by atoms with Gasteiger partial charge in [-0.2, -0.15) is 0 Å². The third-order valence-electron chi connectivity index (χ3n) is 4.94. The zero-order chi connectivity index (χ0) is 14.1. The highest BCUT2D eigenvalue weighted by Gasteiger charge is 2.33. The van der Waals surface area contributed by atoms with Gasteiger partial charge in [-0.25, -0.2) is 0 Å². The Hall–Kier alpha value is -1.51. The molecule has 2 aliphatic rings. The van der Waals surface area contributed by atoms with Gasteiger partial charge in [0.1, 0.15) is 5.75 Å². The van der Waals surface area contributed by atoms with Crippen LogP contribution in [0.1, 0.15) is 55.8 Å². The van der Waals surface area contributed by atoms with Crippen LogP contribution in [0.4, 0.5) is 5.69 Å². The summed E-state index contributed by atoms with van der Waals surface area (Å²) in [6.07, 6.45) is 7.92. The molecule has 20 heavy (non-hydrogen) atoms. The monoisotopic (exact) mass is 273 g/mol. The predicted octanol–water partition coefficient (Wildman–Crippen LogP) is 3.75. The number of hydrogen-bond donors (Lipinski definition) is 1. The fraction of sp³-hybridized carbons (Fsp3) is 0.588. The van der Waals surface area contributed by atoms with Crippen LogP contribution in [0.15, 0.2) is 18.2 Å². The van der Waals surface area contributed by atoms with Crippen molar-refractivity contribution in [2.75, 3.05) is 11.4 Å². The van der Waals surface area contributed by atoms with Crippen LogP contribution in [0.25, 0.3) is 0 Å². The smallest absolute Gasteiger partial charge is 0.163 e. The fourth-order valence-electron chi connectivity index (χ4n) is 3.94. The maximum Gasteiger partial charge on any atom is 0.163 e. The zero-order valence-electron chi connectivity index (χ0n) is 12.1. The number of phenolic OH excluding ortho intramolecular Hbond substituents is 1. The second-order valence-electron chi connectivity index (χ2n) is 6.21. The third kappa shape index (κ3) is 2.41. The molecule has 3 rings (SSSR count). The van der Waals surface area contributed by atoms with E-state index in [1.54, 1.807) is 12.1 Å². The number of phenols is 1.